The van der Waals surface area contributed by atoms with Gasteiger partial charge in [0.05, 0.1) is 29.8 Å². The molecule has 2 aliphatic heterocycles. The number of hydrogen-bond acceptors (Lipinski definition) is 5. The second kappa shape index (κ2) is 8.38. The number of benzene rings is 3. The van der Waals surface area contributed by atoms with E-state index in [-0.39, 0.29) is 42.0 Å². The summed E-state index contributed by atoms with van der Waals surface area (Å²) >= 11 is 0. The van der Waals surface area contributed by atoms with Gasteiger partial charge in [-0.05, 0) is 31.2 Å². The lowest BCUT2D eigenvalue weighted by atomic mass is 9.84. The first-order chi connectivity index (χ1) is 17.9. The van der Waals surface area contributed by atoms with Crippen molar-refractivity contribution in [2.45, 2.75) is 19.0 Å². The smallest absolute Gasteiger partial charge is 0.291 e. The fourth-order valence-electron chi connectivity index (χ4n) is 5.54. The van der Waals surface area contributed by atoms with Crippen molar-refractivity contribution in [3.05, 3.63) is 111 Å². The van der Waals surface area contributed by atoms with Crippen LogP contribution in [0.25, 0.3) is 11.0 Å². The molecule has 8 heteroatoms. The van der Waals surface area contributed by atoms with Crippen molar-refractivity contribution in [3.63, 3.8) is 0 Å². The van der Waals surface area contributed by atoms with Gasteiger partial charge in [0.1, 0.15) is 11.4 Å². The second-order valence-corrected chi connectivity index (χ2v) is 9.29. The van der Waals surface area contributed by atoms with Gasteiger partial charge in [0.15, 0.2) is 11.0 Å². The van der Waals surface area contributed by atoms with Gasteiger partial charge in [0, 0.05) is 24.8 Å². The number of para-hydroxylation sites is 1. The molecule has 0 saturated carbocycles. The molecule has 2 aliphatic rings. The van der Waals surface area contributed by atoms with Crippen molar-refractivity contribution in [1.29, 1.82) is 0 Å². The third kappa shape index (κ3) is 3.12. The number of fused-ring (bicyclic) bond motifs is 5. The van der Waals surface area contributed by atoms with Gasteiger partial charge >= 0.3 is 0 Å². The summed E-state index contributed by atoms with van der Waals surface area (Å²) in [5.41, 5.74) is 0.190. The van der Waals surface area contributed by atoms with Crippen molar-refractivity contribution in [1.82, 2.24) is 4.90 Å². The van der Waals surface area contributed by atoms with Crippen molar-refractivity contribution in [3.8, 4) is 0 Å². The van der Waals surface area contributed by atoms with Crippen molar-refractivity contribution in [2.75, 3.05) is 25.2 Å². The number of halogens is 1. The van der Waals surface area contributed by atoms with Crippen LogP contribution >= 0.6 is 0 Å². The van der Waals surface area contributed by atoms with Crippen molar-refractivity contribution >= 4 is 28.5 Å². The Kier molecular flexibility index (Phi) is 5.24. The fraction of sp³-hybridized carbons (Fsp3) is 0.207. The fourth-order valence-corrected chi connectivity index (χ4v) is 5.54. The summed E-state index contributed by atoms with van der Waals surface area (Å²) in [5.74, 6) is -1.69. The molecule has 2 amide bonds. The minimum atomic E-state index is -1.76. The van der Waals surface area contributed by atoms with Crippen LogP contribution in [0.4, 0.5) is 10.1 Å². The first-order valence-corrected chi connectivity index (χ1v) is 11.9. The third-order valence-corrected chi connectivity index (χ3v) is 7.20. The van der Waals surface area contributed by atoms with Crippen LogP contribution in [0.1, 0.15) is 32.8 Å². The molecule has 186 valence electrons. The van der Waals surface area contributed by atoms with E-state index < -0.39 is 28.6 Å². The zero-order chi connectivity index (χ0) is 25.9. The van der Waals surface area contributed by atoms with Gasteiger partial charge in [-0.25, -0.2) is 4.39 Å². The van der Waals surface area contributed by atoms with E-state index in [4.69, 9.17) is 9.15 Å². The molecule has 0 bridgehead atoms. The molecule has 3 heterocycles. The Morgan fingerprint density at radius 1 is 1.00 bits per heavy atom. The summed E-state index contributed by atoms with van der Waals surface area (Å²) < 4.78 is 25.9. The SMILES string of the molecule is COCCN1C(=O)c2oc3ccc(C)cc3c(=O)c2C12C(=O)N(Cc1ccccc1F)c1ccccc12. The molecule has 6 rings (SSSR count). The van der Waals surface area contributed by atoms with Crippen LogP contribution in [-0.2, 0) is 21.6 Å². The van der Waals surface area contributed by atoms with E-state index in [2.05, 4.69) is 0 Å². The maximum absolute atomic E-state index is 14.7. The number of ether oxygens (including phenoxy) is 1. The van der Waals surface area contributed by atoms with Crippen LogP contribution in [0, 0.1) is 12.7 Å². The maximum Gasteiger partial charge on any atom is 0.291 e. The molecule has 7 nitrogen and oxygen atoms in total. The summed E-state index contributed by atoms with van der Waals surface area (Å²) in [6, 6.07) is 18.4. The Bertz CT molecular complexity index is 1660. The van der Waals surface area contributed by atoms with Crippen LogP contribution in [0.3, 0.4) is 0 Å². The lowest BCUT2D eigenvalue weighted by Crippen LogP contribution is -2.54. The quantitative estimate of drug-likeness (QED) is 0.413. The van der Waals surface area contributed by atoms with Gasteiger partial charge in [-0.15, -0.1) is 0 Å². The van der Waals surface area contributed by atoms with Crippen molar-refractivity contribution < 1.29 is 23.1 Å². The van der Waals surface area contributed by atoms with Crippen LogP contribution in [0.2, 0.25) is 0 Å². The first-order valence-electron chi connectivity index (χ1n) is 11.9. The Morgan fingerprint density at radius 3 is 2.54 bits per heavy atom. The van der Waals surface area contributed by atoms with E-state index in [0.717, 1.165) is 5.56 Å². The Hall–Kier alpha value is -4.30. The van der Waals surface area contributed by atoms with Gasteiger partial charge in [0.2, 0.25) is 5.76 Å². The highest BCUT2D eigenvalue weighted by atomic mass is 19.1. The second-order valence-electron chi connectivity index (χ2n) is 9.29. The van der Waals surface area contributed by atoms with Crippen LogP contribution in [0.5, 0.6) is 0 Å². The lowest BCUT2D eigenvalue weighted by molar-refractivity contribution is -0.126. The molecule has 4 aromatic rings. The summed E-state index contributed by atoms with van der Waals surface area (Å²) in [6.07, 6.45) is 0. The molecule has 0 fully saturated rings. The van der Waals surface area contributed by atoms with Crippen LogP contribution in [0.15, 0.2) is 75.9 Å². The molecule has 1 atom stereocenters. The number of carbonyl (C=O) groups excluding carboxylic acids is 2. The highest BCUT2D eigenvalue weighted by Gasteiger charge is 2.64. The Labute approximate surface area is 211 Å². The first kappa shape index (κ1) is 23.1. The summed E-state index contributed by atoms with van der Waals surface area (Å²) in [4.78, 5) is 45.2. The highest BCUT2D eigenvalue weighted by molar-refractivity contribution is 6.17. The topological polar surface area (TPSA) is 80.1 Å². The molecule has 1 unspecified atom stereocenters. The molecule has 0 radical (unpaired) electrons. The lowest BCUT2D eigenvalue weighted by Gasteiger charge is -2.34. The number of hydrogen-bond donors (Lipinski definition) is 0. The number of methoxy groups -OCH3 is 1. The zero-order valence-corrected chi connectivity index (χ0v) is 20.3. The van der Waals surface area contributed by atoms with Crippen LogP contribution < -0.4 is 10.3 Å². The molecule has 3 aromatic carbocycles. The van der Waals surface area contributed by atoms with Gasteiger partial charge in [-0.1, -0.05) is 48.0 Å². The van der Waals surface area contributed by atoms with Gasteiger partial charge in [0.25, 0.3) is 11.8 Å². The average molecular weight is 499 g/mol. The van der Waals surface area contributed by atoms with Crippen molar-refractivity contribution in [2.24, 2.45) is 0 Å². The van der Waals surface area contributed by atoms with Gasteiger partial charge in [-0.3, -0.25) is 14.4 Å². The number of nitrogens with zero attached hydrogens (tertiary/aromatic N) is 2. The van der Waals surface area contributed by atoms with E-state index in [1.807, 2.05) is 6.92 Å². The summed E-state index contributed by atoms with van der Waals surface area (Å²) in [5, 5.41) is 0.289. The molecule has 37 heavy (non-hydrogen) atoms. The monoisotopic (exact) mass is 498 g/mol. The molecular weight excluding hydrogens is 475 g/mol. The Balaban J connectivity index is 1.66. The van der Waals surface area contributed by atoms with E-state index in [9.17, 15) is 18.8 Å². The predicted octanol–water partition coefficient (Wildman–Crippen LogP) is 4.13. The maximum atomic E-state index is 14.7. The van der Waals surface area contributed by atoms with E-state index in [1.54, 1.807) is 60.7 Å². The number of carbonyl (C=O) groups is 2. The molecule has 1 aromatic heterocycles. The van der Waals surface area contributed by atoms with E-state index in [0.29, 0.717) is 16.8 Å². The predicted molar refractivity (Wildman–Crippen MR) is 135 cm³/mol. The number of amides is 2. The zero-order valence-electron chi connectivity index (χ0n) is 20.3. The highest BCUT2D eigenvalue weighted by Crippen LogP contribution is 2.52. The van der Waals surface area contributed by atoms with Gasteiger partial charge < -0.3 is 19.0 Å². The molecule has 0 saturated heterocycles. The minimum Gasteiger partial charge on any atom is -0.450 e. The van der Waals surface area contributed by atoms with Gasteiger partial charge in [-0.2, -0.15) is 0 Å². The minimum absolute atomic E-state index is 0.0137. The standard InChI is InChI=1S/C29H23FN2O5/c1-17-11-12-23-19(15-17)25(33)24-26(37-23)27(34)32(13-14-36-2)29(24)20-8-4-6-10-22(20)31(28(29)35)16-18-7-3-5-9-21(18)30/h3-12,15H,13-14,16H2,1-2H3. The third-order valence-electron chi connectivity index (χ3n) is 7.20. The molecular formula is C29H23FN2O5. The van der Waals surface area contributed by atoms with Crippen LogP contribution in [-0.4, -0.2) is 37.0 Å². The normalized spacial score (nSPS) is 18.2. The number of rotatable bonds is 5. The molecule has 0 N–H and O–H groups in total. The van der Waals surface area contributed by atoms with E-state index in [1.165, 1.54) is 23.0 Å². The molecule has 0 aliphatic carbocycles. The number of aryl methyl sites for hydroxylation is 1. The largest absolute Gasteiger partial charge is 0.450 e. The Morgan fingerprint density at radius 2 is 1.76 bits per heavy atom. The van der Waals surface area contributed by atoms with E-state index >= 15 is 0 Å². The summed E-state index contributed by atoms with van der Waals surface area (Å²) in [7, 11) is 1.50. The average Bonchev–Trinajstić information content (AvgIpc) is 3.29. The summed E-state index contributed by atoms with van der Waals surface area (Å²) in [6.45, 7) is 1.97. The molecule has 1 spiro atoms. The number of anilines is 1.